The maximum Gasteiger partial charge on any atom is 0.140 e. The average molecular weight is 756 g/mol. The van der Waals surface area contributed by atoms with Crippen LogP contribution in [0.15, 0.2) is 211 Å². The number of pyridine rings is 1. The molecule has 0 fully saturated rings. The van der Waals surface area contributed by atoms with E-state index in [4.69, 9.17) is 14.4 Å². The molecule has 59 heavy (non-hydrogen) atoms. The van der Waals surface area contributed by atoms with E-state index in [1.807, 2.05) is 24.3 Å². The van der Waals surface area contributed by atoms with Gasteiger partial charge in [-0.15, -0.1) is 0 Å². The first kappa shape index (κ1) is 34.4. The van der Waals surface area contributed by atoms with Crippen LogP contribution in [0.3, 0.4) is 0 Å². The minimum Gasteiger partial charge on any atom is -0.456 e. The maximum absolute atomic E-state index is 6.06. The number of aryl methyl sites for hydroxylation is 1. The highest BCUT2D eigenvalue weighted by Gasteiger charge is 2.14. The van der Waals surface area contributed by atoms with Crippen molar-refractivity contribution in [3.63, 3.8) is 0 Å². The molecule has 0 bridgehead atoms. The van der Waals surface area contributed by atoms with Gasteiger partial charge in [0.2, 0.25) is 0 Å². The monoisotopic (exact) mass is 755 g/mol. The smallest absolute Gasteiger partial charge is 0.140 e. The number of hydrogen-bond acceptors (Lipinski definition) is 3. The van der Waals surface area contributed by atoms with Gasteiger partial charge in [0.1, 0.15) is 17.0 Å². The molecule has 0 aliphatic rings. The highest BCUT2D eigenvalue weighted by Crippen LogP contribution is 2.36. The van der Waals surface area contributed by atoms with Crippen LogP contribution in [0.5, 0.6) is 0 Å². The average Bonchev–Trinajstić information content (AvgIpc) is 3.86. The molecule has 4 nitrogen and oxygen atoms in total. The fraction of sp³-hybridized carbons (Fsp3) is 0.0182. The van der Waals surface area contributed by atoms with Gasteiger partial charge in [-0.25, -0.2) is 9.97 Å². The van der Waals surface area contributed by atoms with Gasteiger partial charge in [0.15, 0.2) is 0 Å². The molecule has 11 aromatic rings. The fourth-order valence-corrected chi connectivity index (χ4v) is 8.27. The van der Waals surface area contributed by atoms with Crippen LogP contribution >= 0.6 is 0 Å². The van der Waals surface area contributed by atoms with Crippen molar-refractivity contribution in [2.75, 3.05) is 0 Å². The van der Waals surface area contributed by atoms with Gasteiger partial charge in [-0.2, -0.15) is 0 Å². The summed E-state index contributed by atoms with van der Waals surface area (Å²) in [6.07, 6.45) is 0. The number of para-hydroxylation sites is 1. The third-order valence-electron chi connectivity index (χ3n) is 11.5. The van der Waals surface area contributed by atoms with E-state index in [1.54, 1.807) is 0 Å². The van der Waals surface area contributed by atoms with Crippen molar-refractivity contribution in [3.8, 4) is 78.4 Å². The molecule has 0 aliphatic heterocycles. The number of aromatic nitrogens is 3. The van der Waals surface area contributed by atoms with Crippen molar-refractivity contribution in [1.29, 1.82) is 0 Å². The summed E-state index contributed by atoms with van der Waals surface area (Å²) in [6.45, 7) is 0. The molecule has 278 valence electrons. The number of hydrogen-bond donors (Lipinski definition) is 0. The zero-order valence-corrected chi connectivity index (χ0v) is 32.4. The summed E-state index contributed by atoms with van der Waals surface area (Å²) in [5.41, 5.74) is 18.3. The van der Waals surface area contributed by atoms with E-state index in [9.17, 15) is 0 Å². The first-order chi connectivity index (χ1) is 29.1. The largest absolute Gasteiger partial charge is 0.456 e. The maximum atomic E-state index is 6.06. The molecule has 0 N–H and O–H groups in total. The van der Waals surface area contributed by atoms with Crippen molar-refractivity contribution in [2.24, 2.45) is 7.05 Å². The molecular weight excluding hydrogens is 719 g/mol. The van der Waals surface area contributed by atoms with Crippen molar-refractivity contribution in [1.82, 2.24) is 14.5 Å². The predicted octanol–water partition coefficient (Wildman–Crippen LogP) is 14.5. The lowest BCUT2D eigenvalue weighted by molar-refractivity contribution is 0.669. The lowest BCUT2D eigenvalue weighted by Crippen LogP contribution is -1.92. The van der Waals surface area contributed by atoms with E-state index in [2.05, 4.69) is 194 Å². The number of fused-ring (bicyclic) bond motifs is 4. The Hall–Kier alpha value is -7.82. The van der Waals surface area contributed by atoms with Crippen LogP contribution in [0.25, 0.3) is 111 Å². The standard InChI is InChI=1S/C55H37N3O/c1-58-52-35-45(28-30-49(52)57-55(58)43-12-6-3-7-13-43)39-24-26-42(27-25-39)51-34-46(33-50(56-51)41-10-4-2-5-11-41)40-22-18-37(19-23-40)36-16-20-38(21-17-36)44-29-31-54-48(32-44)47-14-8-9-15-53(47)59-54/h2-35H,1H3. The third-order valence-corrected chi connectivity index (χ3v) is 11.5. The van der Waals surface area contributed by atoms with Gasteiger partial charge in [0, 0.05) is 34.5 Å². The number of nitrogens with zero attached hydrogens (tertiary/aromatic N) is 3. The van der Waals surface area contributed by atoms with Crippen molar-refractivity contribution >= 4 is 33.0 Å². The minimum absolute atomic E-state index is 0.912. The Morgan fingerprint density at radius 3 is 1.44 bits per heavy atom. The van der Waals surface area contributed by atoms with E-state index in [-0.39, 0.29) is 0 Å². The zero-order valence-electron chi connectivity index (χ0n) is 32.4. The minimum atomic E-state index is 0.912. The van der Waals surface area contributed by atoms with Gasteiger partial charge < -0.3 is 8.98 Å². The topological polar surface area (TPSA) is 43.9 Å². The molecular formula is C55H37N3O. The molecule has 4 heteroatoms. The normalized spacial score (nSPS) is 11.5. The molecule has 8 aromatic carbocycles. The Labute approximate surface area is 342 Å². The van der Waals surface area contributed by atoms with Crippen LogP contribution < -0.4 is 0 Å². The third kappa shape index (κ3) is 6.37. The van der Waals surface area contributed by atoms with E-state index < -0.39 is 0 Å². The summed E-state index contributed by atoms with van der Waals surface area (Å²) in [4.78, 5) is 10.1. The van der Waals surface area contributed by atoms with Gasteiger partial charge in [-0.3, -0.25) is 0 Å². The molecule has 0 saturated heterocycles. The molecule has 0 radical (unpaired) electrons. The number of furan rings is 1. The van der Waals surface area contributed by atoms with Crippen molar-refractivity contribution < 1.29 is 4.42 Å². The SMILES string of the molecule is Cn1c(-c2ccccc2)nc2ccc(-c3ccc(-c4cc(-c5ccc(-c6ccc(-c7ccc8oc9ccccc9c8c7)cc6)cc5)cc(-c5ccccc5)n4)cc3)cc21. The number of imidazole rings is 1. The second kappa shape index (κ2) is 14.3. The van der Waals surface area contributed by atoms with Crippen LogP contribution in [-0.2, 0) is 7.05 Å². The Morgan fingerprint density at radius 2 is 0.797 bits per heavy atom. The molecule has 0 saturated carbocycles. The van der Waals surface area contributed by atoms with Crippen LogP contribution in [0.1, 0.15) is 0 Å². The van der Waals surface area contributed by atoms with Gasteiger partial charge in [0.05, 0.1) is 22.4 Å². The lowest BCUT2D eigenvalue weighted by atomic mass is 9.96. The number of rotatable bonds is 7. The summed E-state index contributed by atoms with van der Waals surface area (Å²) in [5, 5.41) is 2.28. The van der Waals surface area contributed by atoms with E-state index in [0.29, 0.717) is 0 Å². The molecule has 0 spiro atoms. The summed E-state index contributed by atoms with van der Waals surface area (Å²) >= 11 is 0. The van der Waals surface area contributed by atoms with Gasteiger partial charge in [-0.1, -0.05) is 164 Å². The summed E-state index contributed by atoms with van der Waals surface area (Å²) in [7, 11) is 2.09. The molecule has 0 unspecified atom stereocenters. The first-order valence-electron chi connectivity index (χ1n) is 19.9. The second-order valence-electron chi connectivity index (χ2n) is 15.1. The van der Waals surface area contributed by atoms with E-state index >= 15 is 0 Å². The van der Waals surface area contributed by atoms with Crippen LogP contribution in [0.4, 0.5) is 0 Å². The highest BCUT2D eigenvalue weighted by atomic mass is 16.3. The molecule has 0 aliphatic carbocycles. The highest BCUT2D eigenvalue weighted by molar-refractivity contribution is 6.06. The Bertz CT molecular complexity index is 3290. The van der Waals surface area contributed by atoms with Gasteiger partial charge in [-0.05, 0) is 87.0 Å². The molecule has 3 aromatic heterocycles. The second-order valence-corrected chi connectivity index (χ2v) is 15.1. The summed E-state index contributed by atoms with van der Waals surface area (Å²) in [6, 6.07) is 72.8. The summed E-state index contributed by atoms with van der Waals surface area (Å²) < 4.78 is 8.24. The Balaban J connectivity index is 0.883. The van der Waals surface area contributed by atoms with Crippen LogP contribution in [0, 0.1) is 0 Å². The van der Waals surface area contributed by atoms with E-state index in [1.165, 1.54) is 22.3 Å². The van der Waals surface area contributed by atoms with Crippen LogP contribution in [-0.4, -0.2) is 14.5 Å². The van der Waals surface area contributed by atoms with Crippen molar-refractivity contribution in [2.45, 2.75) is 0 Å². The summed E-state index contributed by atoms with van der Waals surface area (Å²) in [5.74, 6) is 0.964. The van der Waals surface area contributed by atoms with Crippen molar-refractivity contribution in [3.05, 3.63) is 206 Å². The van der Waals surface area contributed by atoms with Gasteiger partial charge in [0.25, 0.3) is 0 Å². The quantitative estimate of drug-likeness (QED) is 0.163. The molecule has 3 heterocycles. The predicted molar refractivity (Wildman–Crippen MR) is 244 cm³/mol. The Morgan fingerprint density at radius 1 is 0.339 bits per heavy atom. The fourth-order valence-electron chi connectivity index (χ4n) is 8.27. The first-order valence-corrected chi connectivity index (χ1v) is 19.9. The van der Waals surface area contributed by atoms with E-state index in [0.717, 1.165) is 89.1 Å². The molecule has 0 atom stereocenters. The number of benzene rings is 8. The molecule has 0 amide bonds. The van der Waals surface area contributed by atoms with Crippen LogP contribution in [0.2, 0.25) is 0 Å². The lowest BCUT2D eigenvalue weighted by Gasteiger charge is -2.12. The molecule has 11 rings (SSSR count). The van der Waals surface area contributed by atoms with Gasteiger partial charge >= 0.3 is 0 Å². The zero-order chi connectivity index (χ0) is 39.3. The Kier molecular flexibility index (Phi) is 8.34.